The van der Waals surface area contributed by atoms with Crippen LogP contribution in [0, 0.1) is 5.92 Å². The Morgan fingerprint density at radius 2 is 2.27 bits per heavy atom. The summed E-state index contributed by atoms with van der Waals surface area (Å²) in [5, 5.41) is 5.56. The van der Waals surface area contributed by atoms with Gasteiger partial charge in [0.1, 0.15) is 0 Å². The molecule has 4 N–H and O–H groups in total. The number of anilines is 2. The molecule has 1 aliphatic carbocycles. The molecular weight excluding hydrogens is 190 g/mol. The van der Waals surface area contributed by atoms with E-state index in [0.29, 0.717) is 11.6 Å². The summed E-state index contributed by atoms with van der Waals surface area (Å²) < 4.78 is 0. The molecule has 0 aliphatic heterocycles. The molecule has 2 rings (SSSR count). The first-order valence-electron chi connectivity index (χ1n) is 5.14. The van der Waals surface area contributed by atoms with Gasteiger partial charge in [0, 0.05) is 17.9 Å². The minimum absolute atomic E-state index is 0.160. The lowest BCUT2D eigenvalue weighted by Gasteiger charge is -2.07. The Balaban J connectivity index is 1.81. The Kier molecular flexibility index (Phi) is 2.76. The lowest BCUT2D eigenvalue weighted by atomic mass is 10.3. The highest BCUT2D eigenvalue weighted by Crippen LogP contribution is 2.27. The van der Waals surface area contributed by atoms with E-state index in [1.54, 1.807) is 12.1 Å². The molecule has 4 heteroatoms. The summed E-state index contributed by atoms with van der Waals surface area (Å²) in [6, 6.07) is 6.98. The minimum atomic E-state index is -0.160. The number of benzene rings is 1. The number of nitrogens with one attached hydrogen (secondary N) is 2. The molecule has 0 unspecified atom stereocenters. The third kappa shape index (κ3) is 3.16. The van der Waals surface area contributed by atoms with E-state index in [1.165, 1.54) is 12.8 Å². The van der Waals surface area contributed by atoms with Gasteiger partial charge in [-0.2, -0.15) is 0 Å². The van der Waals surface area contributed by atoms with Crippen molar-refractivity contribution in [2.24, 2.45) is 5.92 Å². The number of nitrogen functional groups attached to an aromatic ring is 1. The Morgan fingerprint density at radius 1 is 1.47 bits per heavy atom. The molecule has 2 amide bonds. The molecule has 1 aromatic rings. The Bertz CT molecular complexity index is 361. The normalized spacial score (nSPS) is 14.7. The van der Waals surface area contributed by atoms with Gasteiger partial charge >= 0.3 is 6.03 Å². The average molecular weight is 205 g/mol. The largest absolute Gasteiger partial charge is 0.399 e. The number of hydrogen-bond donors (Lipinski definition) is 3. The van der Waals surface area contributed by atoms with Gasteiger partial charge < -0.3 is 16.4 Å². The lowest BCUT2D eigenvalue weighted by Crippen LogP contribution is -2.30. The average Bonchev–Trinajstić information content (AvgIpc) is 2.98. The second kappa shape index (κ2) is 4.21. The van der Waals surface area contributed by atoms with Gasteiger partial charge in [0.05, 0.1) is 0 Å². The van der Waals surface area contributed by atoms with E-state index in [4.69, 9.17) is 5.73 Å². The minimum Gasteiger partial charge on any atom is -0.399 e. The van der Waals surface area contributed by atoms with Crippen LogP contribution in [-0.4, -0.2) is 12.6 Å². The van der Waals surface area contributed by atoms with E-state index in [9.17, 15) is 4.79 Å². The maximum absolute atomic E-state index is 11.4. The van der Waals surface area contributed by atoms with Crippen molar-refractivity contribution < 1.29 is 4.79 Å². The van der Waals surface area contributed by atoms with Gasteiger partial charge in [0.25, 0.3) is 0 Å². The smallest absolute Gasteiger partial charge is 0.319 e. The molecule has 0 atom stereocenters. The summed E-state index contributed by atoms with van der Waals surface area (Å²) in [7, 11) is 0. The quantitative estimate of drug-likeness (QED) is 0.659. The molecule has 0 radical (unpaired) electrons. The topological polar surface area (TPSA) is 67.1 Å². The van der Waals surface area contributed by atoms with E-state index < -0.39 is 0 Å². The predicted molar refractivity (Wildman–Crippen MR) is 60.6 cm³/mol. The van der Waals surface area contributed by atoms with Gasteiger partial charge in [0.2, 0.25) is 0 Å². The summed E-state index contributed by atoms with van der Waals surface area (Å²) in [5.41, 5.74) is 6.97. The van der Waals surface area contributed by atoms with Crippen molar-refractivity contribution in [2.45, 2.75) is 12.8 Å². The third-order valence-corrected chi connectivity index (χ3v) is 2.39. The van der Waals surface area contributed by atoms with Crippen molar-refractivity contribution in [2.75, 3.05) is 17.6 Å². The highest BCUT2D eigenvalue weighted by Gasteiger charge is 2.21. The van der Waals surface area contributed by atoms with Crippen molar-refractivity contribution in [3.63, 3.8) is 0 Å². The first-order chi connectivity index (χ1) is 7.24. The van der Waals surface area contributed by atoms with Gasteiger partial charge in [-0.25, -0.2) is 4.79 Å². The predicted octanol–water partition coefficient (Wildman–Crippen LogP) is 1.80. The summed E-state index contributed by atoms with van der Waals surface area (Å²) in [6.07, 6.45) is 2.47. The molecule has 0 aromatic heterocycles. The molecule has 0 saturated heterocycles. The van der Waals surface area contributed by atoms with E-state index in [2.05, 4.69) is 10.6 Å². The molecule has 15 heavy (non-hydrogen) atoms. The molecule has 1 fully saturated rings. The molecule has 1 aliphatic rings. The van der Waals surface area contributed by atoms with Crippen LogP contribution in [0.25, 0.3) is 0 Å². The number of hydrogen-bond acceptors (Lipinski definition) is 2. The van der Waals surface area contributed by atoms with Gasteiger partial charge in [-0.1, -0.05) is 6.07 Å². The van der Waals surface area contributed by atoms with Crippen LogP contribution in [0.3, 0.4) is 0 Å². The van der Waals surface area contributed by atoms with Crippen molar-refractivity contribution in [1.82, 2.24) is 5.32 Å². The fourth-order valence-corrected chi connectivity index (χ4v) is 1.35. The van der Waals surface area contributed by atoms with Gasteiger partial charge in [-0.05, 0) is 37.0 Å². The van der Waals surface area contributed by atoms with E-state index in [-0.39, 0.29) is 6.03 Å². The van der Waals surface area contributed by atoms with Crippen LogP contribution >= 0.6 is 0 Å². The van der Waals surface area contributed by atoms with Gasteiger partial charge in [0.15, 0.2) is 0 Å². The van der Waals surface area contributed by atoms with Crippen LogP contribution in [-0.2, 0) is 0 Å². The summed E-state index contributed by atoms with van der Waals surface area (Å²) in [6.45, 7) is 0.772. The number of carbonyl (C=O) groups is 1. The maximum Gasteiger partial charge on any atom is 0.319 e. The van der Waals surface area contributed by atoms with Crippen molar-refractivity contribution in [3.05, 3.63) is 24.3 Å². The number of nitrogens with two attached hydrogens (primary N) is 1. The highest BCUT2D eigenvalue weighted by atomic mass is 16.2. The van der Waals surface area contributed by atoms with E-state index in [0.717, 1.165) is 12.2 Å². The Hall–Kier alpha value is -1.71. The Morgan fingerprint density at radius 3 is 2.93 bits per heavy atom. The second-order valence-corrected chi connectivity index (χ2v) is 3.90. The molecule has 1 aromatic carbocycles. The number of rotatable bonds is 3. The van der Waals surface area contributed by atoms with Crippen LogP contribution in [0.5, 0.6) is 0 Å². The zero-order chi connectivity index (χ0) is 10.7. The zero-order valence-corrected chi connectivity index (χ0v) is 8.49. The van der Waals surface area contributed by atoms with Crippen LogP contribution in [0.4, 0.5) is 16.2 Å². The van der Waals surface area contributed by atoms with Gasteiger partial charge in [-0.15, -0.1) is 0 Å². The number of urea groups is 1. The molecule has 4 nitrogen and oxygen atoms in total. The monoisotopic (exact) mass is 205 g/mol. The first-order valence-corrected chi connectivity index (χ1v) is 5.14. The number of carbonyl (C=O) groups excluding carboxylic acids is 1. The van der Waals surface area contributed by atoms with Crippen molar-refractivity contribution >= 4 is 17.4 Å². The highest BCUT2D eigenvalue weighted by molar-refractivity contribution is 5.89. The van der Waals surface area contributed by atoms with Crippen molar-refractivity contribution in [1.29, 1.82) is 0 Å². The molecule has 1 saturated carbocycles. The molecule has 0 heterocycles. The first kappa shape index (κ1) is 9.83. The standard InChI is InChI=1S/C11H15N3O/c12-9-2-1-3-10(6-9)14-11(15)13-7-8-4-5-8/h1-3,6,8H,4-5,7,12H2,(H2,13,14,15). The summed E-state index contributed by atoms with van der Waals surface area (Å²) in [4.78, 5) is 11.4. The van der Waals surface area contributed by atoms with Gasteiger partial charge in [-0.3, -0.25) is 0 Å². The molecular formula is C11H15N3O. The Labute approximate surface area is 88.9 Å². The van der Waals surface area contributed by atoms with Crippen LogP contribution in [0.1, 0.15) is 12.8 Å². The molecule has 0 bridgehead atoms. The SMILES string of the molecule is Nc1cccc(NC(=O)NCC2CC2)c1. The fourth-order valence-electron chi connectivity index (χ4n) is 1.35. The second-order valence-electron chi connectivity index (χ2n) is 3.90. The van der Waals surface area contributed by atoms with Crippen LogP contribution in [0.2, 0.25) is 0 Å². The summed E-state index contributed by atoms with van der Waals surface area (Å²) >= 11 is 0. The van der Waals surface area contributed by atoms with Crippen LogP contribution in [0.15, 0.2) is 24.3 Å². The molecule has 0 spiro atoms. The van der Waals surface area contributed by atoms with E-state index in [1.807, 2.05) is 12.1 Å². The third-order valence-electron chi connectivity index (χ3n) is 2.39. The summed E-state index contributed by atoms with van der Waals surface area (Å²) in [5.74, 6) is 0.691. The fraction of sp³-hybridized carbons (Fsp3) is 0.364. The van der Waals surface area contributed by atoms with Crippen LogP contribution < -0.4 is 16.4 Å². The zero-order valence-electron chi connectivity index (χ0n) is 8.49. The molecule has 80 valence electrons. The van der Waals surface area contributed by atoms with Crippen molar-refractivity contribution in [3.8, 4) is 0 Å². The lowest BCUT2D eigenvalue weighted by molar-refractivity contribution is 0.251. The van der Waals surface area contributed by atoms with E-state index >= 15 is 0 Å². The number of amides is 2. The maximum atomic E-state index is 11.4.